The zero-order valence-corrected chi connectivity index (χ0v) is 14.4. The number of hydrogen-bond acceptors (Lipinski definition) is 5. The number of amides is 1. The Balaban J connectivity index is 2.57. The lowest BCUT2D eigenvalue weighted by Crippen LogP contribution is -2.36. The van der Waals surface area contributed by atoms with Gasteiger partial charge in [-0.2, -0.15) is 0 Å². The molecule has 1 aromatic carbocycles. The van der Waals surface area contributed by atoms with Gasteiger partial charge in [-0.15, -0.1) is 0 Å². The van der Waals surface area contributed by atoms with Gasteiger partial charge in [0.05, 0.1) is 5.56 Å². The molecule has 0 unspecified atom stereocenters. The van der Waals surface area contributed by atoms with Gasteiger partial charge in [0.15, 0.2) is 5.65 Å². The van der Waals surface area contributed by atoms with Gasteiger partial charge in [0, 0.05) is 10.6 Å². The van der Waals surface area contributed by atoms with Crippen molar-refractivity contribution in [1.29, 1.82) is 0 Å². The number of rotatable bonds is 2. The summed E-state index contributed by atoms with van der Waals surface area (Å²) in [6.45, 7) is 1.30. The zero-order valence-electron chi connectivity index (χ0n) is 12.9. The van der Waals surface area contributed by atoms with E-state index in [4.69, 9.17) is 34.7 Å². The van der Waals surface area contributed by atoms with Crippen LogP contribution in [0, 0.1) is 0 Å². The lowest BCUT2D eigenvalue weighted by atomic mass is 10.0. The van der Waals surface area contributed by atoms with E-state index in [1.807, 2.05) is 0 Å². The van der Waals surface area contributed by atoms with E-state index >= 15 is 0 Å². The number of nitrogens with zero attached hydrogens (tertiary/aromatic N) is 2. The van der Waals surface area contributed by atoms with Crippen molar-refractivity contribution in [1.82, 2.24) is 9.38 Å². The predicted molar refractivity (Wildman–Crippen MR) is 96.8 cm³/mol. The smallest absolute Gasteiger partial charge is 0.271 e. The Morgan fingerprint density at radius 3 is 2.36 bits per heavy atom. The average Bonchev–Trinajstić information content (AvgIpc) is 2.80. The maximum atomic E-state index is 12.7. The number of anilines is 1. The van der Waals surface area contributed by atoms with Crippen LogP contribution in [0.4, 0.5) is 5.82 Å². The normalized spacial score (nSPS) is 12.4. The van der Waals surface area contributed by atoms with E-state index in [-0.39, 0.29) is 38.7 Å². The minimum absolute atomic E-state index is 0.0433. The van der Waals surface area contributed by atoms with Gasteiger partial charge < -0.3 is 16.6 Å². The number of benzene rings is 1. The van der Waals surface area contributed by atoms with E-state index in [9.17, 15) is 14.7 Å². The standard InChI is InChI=1S/C16H12Cl2N4O3/c1-6(23)9-13(19)21-15-11(14(20)24)10(12(18)22(15)16(9)25)7-2-4-8(17)5-3-7/h2-5,23H,1H3,(H2,19,21)(H2,20,24)/b9-6+. The van der Waals surface area contributed by atoms with Crippen molar-refractivity contribution in [2.75, 3.05) is 5.73 Å². The van der Waals surface area contributed by atoms with Gasteiger partial charge in [0.25, 0.3) is 11.5 Å². The molecular formula is C16H12Cl2N4O3. The first kappa shape index (κ1) is 17.1. The van der Waals surface area contributed by atoms with Crippen LogP contribution < -0.4 is 22.2 Å². The quantitative estimate of drug-likeness (QED) is 0.626. The molecule has 0 fully saturated rings. The molecule has 0 saturated carbocycles. The fourth-order valence-corrected chi connectivity index (χ4v) is 3.15. The van der Waals surface area contributed by atoms with Gasteiger partial charge >= 0.3 is 0 Å². The van der Waals surface area contributed by atoms with Gasteiger partial charge in [0.2, 0.25) is 0 Å². The largest absolute Gasteiger partial charge is 0.512 e. The molecule has 0 saturated heterocycles. The number of carbonyl (C=O) groups is 1. The molecule has 128 valence electrons. The highest BCUT2D eigenvalue weighted by atomic mass is 35.5. The van der Waals surface area contributed by atoms with Crippen molar-refractivity contribution in [2.45, 2.75) is 6.92 Å². The fraction of sp³-hybridized carbons (Fsp3) is 0.0625. The molecule has 9 heteroatoms. The molecular weight excluding hydrogens is 367 g/mol. The Morgan fingerprint density at radius 2 is 1.84 bits per heavy atom. The van der Waals surface area contributed by atoms with Gasteiger partial charge in [-0.05, 0) is 24.6 Å². The molecule has 0 atom stereocenters. The molecule has 2 heterocycles. The molecule has 3 rings (SSSR count). The van der Waals surface area contributed by atoms with E-state index < -0.39 is 11.5 Å². The van der Waals surface area contributed by atoms with Crippen molar-refractivity contribution in [2.24, 2.45) is 5.73 Å². The number of nitrogen functional groups attached to an aromatic ring is 1. The highest BCUT2D eigenvalue weighted by Gasteiger charge is 2.26. The zero-order chi connectivity index (χ0) is 18.5. The predicted octanol–water partition coefficient (Wildman–Crippen LogP) is 1.75. The molecule has 0 aliphatic rings. The Bertz CT molecular complexity index is 1130. The average molecular weight is 379 g/mol. The molecule has 0 aliphatic heterocycles. The molecule has 0 radical (unpaired) electrons. The van der Waals surface area contributed by atoms with Crippen LogP contribution in [-0.4, -0.2) is 20.4 Å². The first-order valence-electron chi connectivity index (χ1n) is 7.03. The van der Waals surface area contributed by atoms with Crippen LogP contribution in [0.1, 0.15) is 17.3 Å². The second-order valence-corrected chi connectivity index (χ2v) is 6.13. The van der Waals surface area contributed by atoms with Crippen molar-refractivity contribution in [3.05, 3.63) is 55.6 Å². The Kier molecular flexibility index (Phi) is 4.06. The maximum Gasteiger partial charge on any atom is 0.271 e. The number of aliphatic hydroxyl groups excluding tert-OH is 1. The Labute approximate surface area is 151 Å². The first-order valence-corrected chi connectivity index (χ1v) is 7.78. The second kappa shape index (κ2) is 5.94. The minimum Gasteiger partial charge on any atom is -0.512 e. The maximum absolute atomic E-state index is 12.7. The third-order valence-electron chi connectivity index (χ3n) is 3.73. The molecule has 7 nitrogen and oxygen atoms in total. The number of halogens is 2. The van der Waals surface area contributed by atoms with Crippen molar-refractivity contribution in [3.8, 4) is 11.1 Å². The fourth-order valence-electron chi connectivity index (χ4n) is 2.67. The second-order valence-electron chi connectivity index (χ2n) is 5.33. The summed E-state index contributed by atoms with van der Waals surface area (Å²) < 4.78 is 0.997. The van der Waals surface area contributed by atoms with E-state index in [0.717, 1.165) is 4.40 Å². The molecule has 0 spiro atoms. The van der Waals surface area contributed by atoms with Crippen LogP contribution in [0.25, 0.3) is 22.5 Å². The SMILES string of the molecule is C/C(O)=c1/c(N)nc2c(C(N)=O)c(-c3ccc(Cl)cc3)c(Cl)n2c1=O. The van der Waals surface area contributed by atoms with Crippen LogP contribution in [0.2, 0.25) is 10.2 Å². The van der Waals surface area contributed by atoms with Crippen LogP contribution >= 0.6 is 23.2 Å². The number of carbonyl (C=O) groups excluding carboxylic acids is 1. The first-order chi connectivity index (χ1) is 11.7. The van der Waals surface area contributed by atoms with Crippen LogP contribution in [-0.2, 0) is 0 Å². The van der Waals surface area contributed by atoms with Gasteiger partial charge in [-0.1, -0.05) is 35.3 Å². The highest BCUT2D eigenvalue weighted by molar-refractivity contribution is 6.34. The number of aromatic nitrogens is 2. The Hall–Kier alpha value is -2.77. The summed E-state index contributed by atoms with van der Waals surface area (Å²) >= 11 is 12.2. The molecule has 25 heavy (non-hydrogen) atoms. The van der Waals surface area contributed by atoms with Crippen LogP contribution in [0.3, 0.4) is 0 Å². The molecule has 2 aromatic heterocycles. The van der Waals surface area contributed by atoms with Gasteiger partial charge in [-0.3, -0.25) is 9.59 Å². The van der Waals surface area contributed by atoms with Gasteiger partial charge in [0.1, 0.15) is 21.9 Å². The Morgan fingerprint density at radius 1 is 1.24 bits per heavy atom. The summed E-state index contributed by atoms with van der Waals surface area (Å²) in [7, 11) is 0. The topological polar surface area (TPSA) is 124 Å². The molecule has 1 amide bonds. The van der Waals surface area contributed by atoms with Crippen molar-refractivity contribution >= 4 is 46.3 Å². The molecule has 3 aromatic rings. The number of aliphatic hydroxyl groups is 1. The van der Waals surface area contributed by atoms with Crippen LogP contribution in [0.5, 0.6) is 0 Å². The van der Waals surface area contributed by atoms with Crippen molar-refractivity contribution in [3.63, 3.8) is 0 Å². The lowest BCUT2D eigenvalue weighted by molar-refractivity contribution is 0.100. The lowest BCUT2D eigenvalue weighted by Gasteiger charge is -2.02. The summed E-state index contributed by atoms with van der Waals surface area (Å²) in [6.07, 6.45) is 0. The van der Waals surface area contributed by atoms with Gasteiger partial charge in [-0.25, -0.2) is 9.38 Å². The monoisotopic (exact) mass is 378 g/mol. The number of hydrogen-bond donors (Lipinski definition) is 3. The summed E-state index contributed by atoms with van der Waals surface area (Å²) in [5, 5.41) is 9.94. The molecule has 0 aliphatic carbocycles. The third kappa shape index (κ3) is 2.57. The van der Waals surface area contributed by atoms with Crippen LogP contribution in [0.15, 0.2) is 29.1 Å². The van der Waals surface area contributed by atoms with Crippen molar-refractivity contribution < 1.29 is 9.90 Å². The highest BCUT2D eigenvalue weighted by Crippen LogP contribution is 2.35. The molecule has 5 N–H and O–H groups in total. The van der Waals surface area contributed by atoms with E-state index in [2.05, 4.69) is 4.98 Å². The van der Waals surface area contributed by atoms with E-state index in [0.29, 0.717) is 10.6 Å². The summed E-state index contributed by atoms with van der Waals surface area (Å²) in [5.41, 5.74) is 11.2. The van der Waals surface area contributed by atoms with E-state index in [1.54, 1.807) is 24.3 Å². The number of primary amides is 1. The van der Waals surface area contributed by atoms with E-state index in [1.165, 1.54) is 6.92 Å². The summed E-state index contributed by atoms with van der Waals surface area (Å²) in [5.74, 6) is -1.36. The minimum atomic E-state index is -0.821. The summed E-state index contributed by atoms with van der Waals surface area (Å²) in [4.78, 5) is 28.8. The number of nitrogens with two attached hydrogens (primary N) is 2. The molecule has 0 bridgehead atoms. The summed E-state index contributed by atoms with van der Waals surface area (Å²) in [6, 6.07) is 6.48. The third-order valence-corrected chi connectivity index (χ3v) is 4.34. The number of fused-ring (bicyclic) bond motifs is 1.